The van der Waals surface area contributed by atoms with Crippen molar-refractivity contribution in [1.82, 2.24) is 10.6 Å². The Morgan fingerprint density at radius 2 is 2.21 bits per heavy atom. The Morgan fingerprint density at radius 3 is 2.95 bits per heavy atom. The molecule has 104 valence electrons. The molecule has 1 fully saturated rings. The molecule has 0 bridgehead atoms. The Kier molecular flexibility index (Phi) is 5.21. The zero-order valence-electron chi connectivity index (χ0n) is 11.4. The molecule has 2 rings (SSSR count). The van der Waals surface area contributed by atoms with Crippen LogP contribution in [0.3, 0.4) is 0 Å². The summed E-state index contributed by atoms with van der Waals surface area (Å²) in [7, 11) is 0. The van der Waals surface area contributed by atoms with Crippen LogP contribution in [0.1, 0.15) is 19.8 Å². The molecule has 2 atom stereocenters. The zero-order valence-corrected chi connectivity index (χ0v) is 11.4. The van der Waals surface area contributed by atoms with Gasteiger partial charge in [0.25, 0.3) is 0 Å². The van der Waals surface area contributed by atoms with E-state index in [-0.39, 0.29) is 11.8 Å². The SMILES string of the molecule is C[C@H]1C[C@@H](C(=O)NCCOc2ccccc2)CCN1. The zero-order chi connectivity index (χ0) is 13.5. The molecule has 0 aliphatic carbocycles. The van der Waals surface area contributed by atoms with Gasteiger partial charge in [-0.25, -0.2) is 0 Å². The van der Waals surface area contributed by atoms with E-state index in [4.69, 9.17) is 4.74 Å². The quantitative estimate of drug-likeness (QED) is 0.792. The normalized spacial score (nSPS) is 22.8. The van der Waals surface area contributed by atoms with Gasteiger partial charge in [-0.3, -0.25) is 4.79 Å². The Labute approximate surface area is 114 Å². The largest absolute Gasteiger partial charge is 0.492 e. The molecule has 0 radical (unpaired) electrons. The highest BCUT2D eigenvalue weighted by Crippen LogP contribution is 2.15. The summed E-state index contributed by atoms with van der Waals surface area (Å²) < 4.78 is 5.54. The van der Waals surface area contributed by atoms with E-state index in [2.05, 4.69) is 17.6 Å². The van der Waals surface area contributed by atoms with Gasteiger partial charge in [0.15, 0.2) is 0 Å². The number of para-hydroxylation sites is 1. The average Bonchev–Trinajstić information content (AvgIpc) is 2.44. The standard InChI is InChI=1S/C15H22N2O2/c1-12-11-13(7-8-16-12)15(18)17-9-10-19-14-5-3-2-4-6-14/h2-6,12-13,16H,7-11H2,1H3,(H,17,18)/t12-,13-/m0/s1. The number of hydrogen-bond acceptors (Lipinski definition) is 3. The monoisotopic (exact) mass is 262 g/mol. The van der Waals surface area contributed by atoms with Crippen molar-refractivity contribution in [2.75, 3.05) is 19.7 Å². The predicted octanol–water partition coefficient (Wildman–Crippen LogP) is 1.57. The summed E-state index contributed by atoms with van der Waals surface area (Å²) in [6.45, 7) is 4.13. The lowest BCUT2D eigenvalue weighted by Gasteiger charge is -2.27. The third-order valence-corrected chi connectivity index (χ3v) is 3.41. The van der Waals surface area contributed by atoms with Crippen molar-refractivity contribution in [3.63, 3.8) is 0 Å². The van der Waals surface area contributed by atoms with Gasteiger partial charge in [-0.05, 0) is 38.4 Å². The fourth-order valence-corrected chi connectivity index (χ4v) is 2.37. The van der Waals surface area contributed by atoms with Crippen molar-refractivity contribution in [1.29, 1.82) is 0 Å². The van der Waals surface area contributed by atoms with E-state index in [1.165, 1.54) is 0 Å². The maximum Gasteiger partial charge on any atom is 0.223 e. The molecule has 1 saturated heterocycles. The minimum absolute atomic E-state index is 0.146. The molecular formula is C15H22N2O2. The molecule has 1 aliphatic rings. The smallest absolute Gasteiger partial charge is 0.223 e. The highest BCUT2D eigenvalue weighted by atomic mass is 16.5. The number of amides is 1. The molecule has 2 N–H and O–H groups in total. The van der Waals surface area contributed by atoms with E-state index in [0.29, 0.717) is 19.2 Å². The van der Waals surface area contributed by atoms with Crippen molar-refractivity contribution in [2.24, 2.45) is 5.92 Å². The van der Waals surface area contributed by atoms with Crippen LogP contribution in [0.15, 0.2) is 30.3 Å². The number of benzene rings is 1. The van der Waals surface area contributed by atoms with Gasteiger partial charge in [0, 0.05) is 12.0 Å². The number of ether oxygens (including phenoxy) is 1. The number of piperidine rings is 1. The van der Waals surface area contributed by atoms with Gasteiger partial charge in [0.2, 0.25) is 5.91 Å². The summed E-state index contributed by atoms with van der Waals surface area (Å²) in [5, 5.41) is 6.30. The molecule has 19 heavy (non-hydrogen) atoms. The third kappa shape index (κ3) is 4.56. The Morgan fingerprint density at radius 1 is 1.42 bits per heavy atom. The number of nitrogens with one attached hydrogen (secondary N) is 2. The summed E-state index contributed by atoms with van der Waals surface area (Å²) in [5.74, 6) is 1.14. The predicted molar refractivity (Wildman–Crippen MR) is 75.1 cm³/mol. The third-order valence-electron chi connectivity index (χ3n) is 3.41. The van der Waals surface area contributed by atoms with E-state index in [1.54, 1.807) is 0 Å². The van der Waals surface area contributed by atoms with Gasteiger partial charge in [-0.15, -0.1) is 0 Å². The Hall–Kier alpha value is -1.55. The second kappa shape index (κ2) is 7.14. The molecule has 4 heteroatoms. The first kappa shape index (κ1) is 13.9. The van der Waals surface area contributed by atoms with Crippen LogP contribution in [-0.2, 0) is 4.79 Å². The molecule has 0 spiro atoms. The highest BCUT2D eigenvalue weighted by molar-refractivity contribution is 5.78. The summed E-state index contributed by atoms with van der Waals surface area (Å²) in [5.41, 5.74) is 0. The van der Waals surface area contributed by atoms with E-state index >= 15 is 0 Å². The van der Waals surface area contributed by atoms with Crippen LogP contribution in [0.5, 0.6) is 5.75 Å². The molecule has 0 saturated carbocycles. The average molecular weight is 262 g/mol. The van der Waals surface area contributed by atoms with Crippen molar-refractivity contribution in [3.8, 4) is 5.75 Å². The molecule has 1 aliphatic heterocycles. The van der Waals surface area contributed by atoms with Gasteiger partial charge >= 0.3 is 0 Å². The number of carbonyl (C=O) groups excluding carboxylic acids is 1. The summed E-state index contributed by atoms with van der Waals surface area (Å²) in [6, 6.07) is 10.1. The lowest BCUT2D eigenvalue weighted by Crippen LogP contribution is -2.43. The molecule has 1 aromatic carbocycles. The van der Waals surface area contributed by atoms with Crippen molar-refractivity contribution >= 4 is 5.91 Å². The summed E-state index contributed by atoms with van der Waals surface area (Å²) >= 11 is 0. The summed E-state index contributed by atoms with van der Waals surface area (Å²) in [6.07, 6.45) is 1.85. The minimum Gasteiger partial charge on any atom is -0.492 e. The lowest BCUT2D eigenvalue weighted by molar-refractivity contribution is -0.126. The number of hydrogen-bond donors (Lipinski definition) is 2. The second-order valence-electron chi connectivity index (χ2n) is 5.03. The second-order valence-corrected chi connectivity index (χ2v) is 5.03. The number of carbonyl (C=O) groups is 1. The molecule has 1 aromatic rings. The number of rotatable bonds is 5. The van der Waals surface area contributed by atoms with Crippen LogP contribution < -0.4 is 15.4 Å². The van der Waals surface area contributed by atoms with E-state index in [0.717, 1.165) is 25.1 Å². The molecule has 1 heterocycles. The van der Waals surface area contributed by atoms with Crippen molar-refractivity contribution in [2.45, 2.75) is 25.8 Å². The highest BCUT2D eigenvalue weighted by Gasteiger charge is 2.24. The van der Waals surface area contributed by atoms with Crippen LogP contribution in [0.4, 0.5) is 0 Å². The topological polar surface area (TPSA) is 50.4 Å². The molecule has 4 nitrogen and oxygen atoms in total. The fourth-order valence-electron chi connectivity index (χ4n) is 2.37. The van der Waals surface area contributed by atoms with E-state index in [1.807, 2.05) is 30.3 Å². The Balaban J connectivity index is 1.64. The van der Waals surface area contributed by atoms with E-state index < -0.39 is 0 Å². The van der Waals surface area contributed by atoms with Gasteiger partial charge in [0.05, 0.1) is 6.54 Å². The lowest BCUT2D eigenvalue weighted by atomic mass is 9.92. The first-order chi connectivity index (χ1) is 9.25. The van der Waals surface area contributed by atoms with Crippen LogP contribution in [0, 0.1) is 5.92 Å². The minimum atomic E-state index is 0.146. The Bertz CT molecular complexity index is 394. The first-order valence-electron chi connectivity index (χ1n) is 6.94. The summed E-state index contributed by atoms with van der Waals surface area (Å²) in [4.78, 5) is 12.0. The molecular weight excluding hydrogens is 240 g/mol. The van der Waals surface area contributed by atoms with Crippen LogP contribution in [0.25, 0.3) is 0 Å². The van der Waals surface area contributed by atoms with Crippen LogP contribution in [0.2, 0.25) is 0 Å². The van der Waals surface area contributed by atoms with Crippen LogP contribution >= 0.6 is 0 Å². The van der Waals surface area contributed by atoms with E-state index in [9.17, 15) is 4.79 Å². The van der Waals surface area contributed by atoms with Crippen molar-refractivity contribution < 1.29 is 9.53 Å². The van der Waals surface area contributed by atoms with Crippen LogP contribution in [-0.4, -0.2) is 31.6 Å². The van der Waals surface area contributed by atoms with Gasteiger partial charge in [-0.2, -0.15) is 0 Å². The van der Waals surface area contributed by atoms with Gasteiger partial charge in [-0.1, -0.05) is 18.2 Å². The molecule has 0 unspecified atom stereocenters. The fraction of sp³-hybridized carbons (Fsp3) is 0.533. The van der Waals surface area contributed by atoms with Gasteiger partial charge in [0.1, 0.15) is 12.4 Å². The molecule has 1 amide bonds. The van der Waals surface area contributed by atoms with Gasteiger partial charge < -0.3 is 15.4 Å². The maximum absolute atomic E-state index is 12.0. The first-order valence-corrected chi connectivity index (χ1v) is 6.94. The molecule has 0 aromatic heterocycles. The maximum atomic E-state index is 12.0. The van der Waals surface area contributed by atoms with Crippen molar-refractivity contribution in [3.05, 3.63) is 30.3 Å².